The van der Waals surface area contributed by atoms with Gasteiger partial charge in [-0.15, -0.1) is 10.2 Å². The van der Waals surface area contributed by atoms with Gasteiger partial charge >= 0.3 is 0 Å². The quantitative estimate of drug-likeness (QED) is 0.0725. The lowest BCUT2D eigenvalue weighted by Gasteiger charge is -2.11. The van der Waals surface area contributed by atoms with Crippen LogP contribution >= 0.6 is 0 Å². The monoisotopic (exact) mass is 680 g/mol. The molecular formula is C34H28N6O6S2. The molecule has 0 unspecified atom stereocenters. The third kappa shape index (κ3) is 6.24. The van der Waals surface area contributed by atoms with Gasteiger partial charge in [0.25, 0.3) is 20.2 Å². The maximum Gasteiger partial charge on any atom is 0.297 e. The largest absolute Gasteiger partial charge is 0.396 e. The van der Waals surface area contributed by atoms with Crippen LogP contribution in [0.4, 0.5) is 34.1 Å². The minimum Gasteiger partial charge on any atom is -0.396 e. The van der Waals surface area contributed by atoms with Gasteiger partial charge in [-0.05, 0) is 83.3 Å². The second-order valence-corrected chi connectivity index (χ2v) is 13.8. The highest BCUT2D eigenvalue weighted by Gasteiger charge is 2.22. The van der Waals surface area contributed by atoms with Crippen molar-refractivity contribution in [2.75, 3.05) is 11.5 Å². The molecule has 6 rings (SSSR count). The molecular weight excluding hydrogens is 653 g/mol. The number of aryl methyl sites for hydroxylation is 2. The van der Waals surface area contributed by atoms with Crippen molar-refractivity contribution >= 4 is 75.9 Å². The van der Waals surface area contributed by atoms with Crippen LogP contribution in [0.1, 0.15) is 11.1 Å². The number of anilines is 2. The Morgan fingerprint density at radius 3 is 1.25 bits per heavy atom. The third-order valence-electron chi connectivity index (χ3n) is 7.81. The second kappa shape index (κ2) is 12.2. The van der Waals surface area contributed by atoms with E-state index < -0.39 is 30.0 Å². The van der Waals surface area contributed by atoms with Crippen molar-refractivity contribution in [3.05, 3.63) is 108 Å². The molecule has 0 saturated heterocycles. The summed E-state index contributed by atoms with van der Waals surface area (Å²) in [6, 6.07) is 27.4. The van der Waals surface area contributed by atoms with Crippen LogP contribution < -0.4 is 11.5 Å². The summed E-state index contributed by atoms with van der Waals surface area (Å²) in [4.78, 5) is -0.828. The van der Waals surface area contributed by atoms with Crippen LogP contribution in [0.2, 0.25) is 0 Å². The van der Waals surface area contributed by atoms with Crippen molar-refractivity contribution < 1.29 is 25.9 Å². The number of nitrogen functional groups attached to an aromatic ring is 2. The van der Waals surface area contributed by atoms with E-state index >= 15 is 0 Å². The molecule has 0 aliphatic heterocycles. The highest BCUT2D eigenvalue weighted by molar-refractivity contribution is 7.86. The molecule has 0 radical (unpaired) electrons. The maximum atomic E-state index is 12.1. The van der Waals surface area contributed by atoms with Crippen LogP contribution in [0.5, 0.6) is 0 Å². The zero-order valence-electron chi connectivity index (χ0n) is 25.5. The van der Waals surface area contributed by atoms with Gasteiger partial charge in [0, 0.05) is 10.8 Å². The average Bonchev–Trinajstić information content (AvgIpc) is 3.02. The summed E-state index contributed by atoms with van der Waals surface area (Å²) in [6.45, 7) is 3.83. The fourth-order valence-electron chi connectivity index (χ4n) is 5.60. The number of azo groups is 2. The molecule has 14 heteroatoms. The molecule has 6 aromatic rings. The Balaban J connectivity index is 1.28. The minimum atomic E-state index is -4.63. The molecule has 0 bridgehead atoms. The Hall–Kier alpha value is -5.54. The van der Waals surface area contributed by atoms with E-state index in [2.05, 4.69) is 20.5 Å². The van der Waals surface area contributed by atoms with E-state index in [1.807, 2.05) is 38.1 Å². The molecule has 6 aromatic carbocycles. The summed E-state index contributed by atoms with van der Waals surface area (Å²) in [6.07, 6.45) is 0. The van der Waals surface area contributed by atoms with Crippen LogP contribution in [0.25, 0.3) is 32.7 Å². The first kappa shape index (κ1) is 32.4. The smallest absolute Gasteiger partial charge is 0.297 e. The summed E-state index contributed by atoms with van der Waals surface area (Å²) in [7, 11) is -9.25. The fraction of sp³-hybridized carbons (Fsp3) is 0.0588. The lowest BCUT2D eigenvalue weighted by Crippen LogP contribution is -2.04. The van der Waals surface area contributed by atoms with Crippen LogP contribution in [-0.2, 0) is 20.2 Å². The number of nitrogens with zero attached hydrogens (tertiary/aromatic N) is 4. The Morgan fingerprint density at radius 2 is 0.896 bits per heavy atom. The zero-order valence-corrected chi connectivity index (χ0v) is 27.2. The van der Waals surface area contributed by atoms with E-state index in [0.29, 0.717) is 22.1 Å². The molecule has 242 valence electrons. The Labute approximate surface area is 276 Å². The molecule has 0 aliphatic rings. The van der Waals surface area contributed by atoms with Crippen molar-refractivity contribution in [2.45, 2.75) is 23.6 Å². The lowest BCUT2D eigenvalue weighted by molar-refractivity contribution is 0.482. The van der Waals surface area contributed by atoms with E-state index in [9.17, 15) is 25.9 Å². The van der Waals surface area contributed by atoms with Crippen LogP contribution in [-0.4, -0.2) is 25.9 Å². The third-order valence-corrected chi connectivity index (χ3v) is 9.72. The highest BCUT2D eigenvalue weighted by atomic mass is 32.2. The molecule has 0 aromatic heterocycles. The Morgan fingerprint density at radius 1 is 0.521 bits per heavy atom. The first-order valence-electron chi connectivity index (χ1n) is 14.3. The summed E-state index contributed by atoms with van der Waals surface area (Å²) >= 11 is 0. The van der Waals surface area contributed by atoms with Gasteiger partial charge in [-0.2, -0.15) is 27.1 Å². The number of hydrogen-bond acceptors (Lipinski definition) is 10. The molecule has 0 atom stereocenters. The van der Waals surface area contributed by atoms with Crippen molar-refractivity contribution in [3.8, 4) is 11.1 Å². The van der Waals surface area contributed by atoms with Crippen molar-refractivity contribution in [3.63, 3.8) is 0 Å². The van der Waals surface area contributed by atoms with Gasteiger partial charge in [0.1, 0.15) is 21.2 Å². The Bertz CT molecular complexity index is 2390. The predicted molar refractivity (Wildman–Crippen MR) is 186 cm³/mol. The standard InChI is InChI=1S/C34H28N6O6S2/c1-19-15-23(37-39-29-17-21-7-3-5-9-27(21)33(31(29)35)47(41,42)43)11-13-25(19)26-14-12-24(16-20(26)2)38-40-30-18-22-8-4-6-10-28(22)34(32(30)36)48(44,45)46/h3-18H,35-36H2,1-2H3,(H,41,42,43)(H,44,45,46). The van der Waals surface area contributed by atoms with Crippen molar-refractivity contribution in [1.82, 2.24) is 0 Å². The second-order valence-electron chi connectivity index (χ2n) is 11.1. The molecule has 0 saturated carbocycles. The number of nitrogens with two attached hydrogens (primary N) is 2. The fourth-order valence-corrected chi connectivity index (χ4v) is 7.29. The molecule has 0 heterocycles. The van der Waals surface area contributed by atoms with Gasteiger partial charge in [-0.3, -0.25) is 9.11 Å². The van der Waals surface area contributed by atoms with E-state index in [0.717, 1.165) is 22.3 Å². The van der Waals surface area contributed by atoms with Gasteiger partial charge < -0.3 is 11.5 Å². The van der Waals surface area contributed by atoms with E-state index in [1.165, 1.54) is 0 Å². The Kier molecular flexibility index (Phi) is 8.26. The van der Waals surface area contributed by atoms with Gasteiger partial charge in [-0.25, -0.2) is 0 Å². The summed E-state index contributed by atoms with van der Waals surface area (Å²) in [5.74, 6) is 0. The van der Waals surface area contributed by atoms with Gasteiger partial charge in [0.2, 0.25) is 0 Å². The van der Waals surface area contributed by atoms with Crippen LogP contribution in [0.3, 0.4) is 0 Å². The minimum absolute atomic E-state index is 0.100. The van der Waals surface area contributed by atoms with Crippen molar-refractivity contribution in [1.29, 1.82) is 0 Å². The first-order chi connectivity index (χ1) is 22.7. The topological polar surface area (TPSA) is 210 Å². The summed E-state index contributed by atoms with van der Waals surface area (Å²) in [5, 5.41) is 18.6. The first-order valence-corrected chi connectivity index (χ1v) is 17.2. The SMILES string of the molecule is Cc1cc(N=Nc2cc3ccccc3c(S(=O)(=O)O)c2N)ccc1-c1ccc(N=Nc2cc3ccccc3c(S(=O)(=O)O)c2N)cc1C. The van der Waals surface area contributed by atoms with Crippen molar-refractivity contribution in [2.24, 2.45) is 20.5 Å². The number of rotatable bonds is 7. The van der Waals surface area contributed by atoms with Gasteiger partial charge in [0.15, 0.2) is 0 Å². The molecule has 0 spiro atoms. The van der Waals surface area contributed by atoms with Crippen LogP contribution in [0.15, 0.2) is 127 Å². The number of fused-ring (bicyclic) bond motifs is 2. The summed E-state index contributed by atoms with van der Waals surface area (Å²) < 4.78 is 68.1. The predicted octanol–water partition coefficient (Wildman–Crippen LogP) is 8.77. The molecule has 0 fully saturated rings. The van der Waals surface area contributed by atoms with Gasteiger partial charge in [0.05, 0.1) is 22.7 Å². The zero-order chi connectivity index (χ0) is 34.4. The lowest BCUT2D eigenvalue weighted by atomic mass is 9.96. The van der Waals surface area contributed by atoms with Gasteiger partial charge in [-0.1, -0.05) is 60.7 Å². The number of benzene rings is 6. The molecule has 6 N–H and O–H groups in total. The summed E-state index contributed by atoms with van der Waals surface area (Å²) in [5.41, 5.74) is 16.6. The average molecular weight is 681 g/mol. The molecule has 0 aliphatic carbocycles. The molecule has 0 amide bonds. The van der Waals surface area contributed by atoms with E-state index in [1.54, 1.807) is 72.8 Å². The van der Waals surface area contributed by atoms with E-state index in [4.69, 9.17) is 11.5 Å². The normalized spacial score (nSPS) is 12.5. The molecule has 48 heavy (non-hydrogen) atoms. The molecule has 12 nitrogen and oxygen atoms in total. The highest BCUT2D eigenvalue weighted by Crippen LogP contribution is 2.39. The van der Waals surface area contributed by atoms with Crippen LogP contribution in [0, 0.1) is 13.8 Å². The maximum absolute atomic E-state index is 12.1. The number of hydrogen-bond donors (Lipinski definition) is 4. The van der Waals surface area contributed by atoms with E-state index in [-0.39, 0.29) is 33.5 Å².